The summed E-state index contributed by atoms with van der Waals surface area (Å²) in [4.78, 5) is 0. The van der Waals surface area contributed by atoms with Crippen LogP contribution in [0, 0.1) is 0 Å². The second-order valence-electron chi connectivity index (χ2n) is 6.33. The Bertz CT molecular complexity index is 416. The predicted molar refractivity (Wildman–Crippen MR) is 95.8 cm³/mol. The van der Waals surface area contributed by atoms with Crippen LogP contribution in [0.25, 0.3) is 0 Å². The van der Waals surface area contributed by atoms with E-state index < -0.39 is 0 Å². The molecular weight excluding hydrogens is 322 g/mol. The molecule has 118 valence electrons. The predicted octanol–water partition coefficient (Wildman–Crippen LogP) is 6.17. The molecule has 2 heteroatoms. The van der Waals surface area contributed by atoms with Gasteiger partial charge < -0.3 is 5.32 Å². The van der Waals surface area contributed by atoms with Crippen LogP contribution in [-0.2, 0) is 6.42 Å². The topological polar surface area (TPSA) is 12.0 Å². The van der Waals surface area contributed by atoms with Gasteiger partial charge in [0, 0.05) is 10.5 Å². The van der Waals surface area contributed by atoms with Crippen LogP contribution in [-0.4, -0.2) is 6.54 Å². The van der Waals surface area contributed by atoms with E-state index in [9.17, 15) is 0 Å². The number of benzene rings is 1. The van der Waals surface area contributed by atoms with E-state index in [0.717, 1.165) is 0 Å². The molecular formula is C19H30BrN. The molecule has 0 aliphatic heterocycles. The van der Waals surface area contributed by atoms with Crippen LogP contribution in [0.3, 0.4) is 0 Å². The van der Waals surface area contributed by atoms with Crippen LogP contribution >= 0.6 is 15.9 Å². The van der Waals surface area contributed by atoms with E-state index >= 15 is 0 Å². The van der Waals surface area contributed by atoms with Crippen molar-refractivity contribution in [1.29, 1.82) is 0 Å². The molecule has 0 radical (unpaired) electrons. The van der Waals surface area contributed by atoms with E-state index in [1.54, 1.807) is 0 Å². The van der Waals surface area contributed by atoms with Crippen molar-refractivity contribution in [2.24, 2.45) is 0 Å². The lowest BCUT2D eigenvalue weighted by Crippen LogP contribution is -2.20. The van der Waals surface area contributed by atoms with Crippen LogP contribution in [0.5, 0.6) is 0 Å². The molecule has 0 saturated carbocycles. The molecule has 1 nitrogen and oxygen atoms in total. The number of hydrogen-bond donors (Lipinski definition) is 1. The second-order valence-corrected chi connectivity index (χ2v) is 7.19. The van der Waals surface area contributed by atoms with Crippen molar-refractivity contribution < 1.29 is 0 Å². The quantitative estimate of drug-likeness (QED) is 0.497. The summed E-state index contributed by atoms with van der Waals surface area (Å²) >= 11 is 3.71. The molecule has 0 spiro atoms. The molecule has 21 heavy (non-hydrogen) atoms. The summed E-state index contributed by atoms with van der Waals surface area (Å²) < 4.78 is 1.28. The zero-order valence-corrected chi connectivity index (χ0v) is 15.1. The first-order valence-corrected chi connectivity index (χ1v) is 9.63. The Balaban J connectivity index is 1.57. The molecule has 1 aliphatic rings. The first kappa shape index (κ1) is 17.0. The van der Waals surface area contributed by atoms with Gasteiger partial charge in [-0.1, -0.05) is 79.9 Å². The van der Waals surface area contributed by atoms with Crippen molar-refractivity contribution in [3.8, 4) is 0 Å². The largest absolute Gasteiger partial charge is 0.310 e. The van der Waals surface area contributed by atoms with Gasteiger partial charge in [-0.25, -0.2) is 0 Å². The first-order chi connectivity index (χ1) is 10.3. The highest BCUT2D eigenvalue weighted by atomic mass is 79.9. The smallest absolute Gasteiger partial charge is 0.0337 e. The number of fused-ring (bicyclic) bond motifs is 1. The van der Waals surface area contributed by atoms with Crippen LogP contribution in [0.4, 0.5) is 0 Å². The average molecular weight is 352 g/mol. The maximum Gasteiger partial charge on any atom is 0.0337 e. The molecule has 1 N–H and O–H groups in total. The normalized spacial score (nSPS) is 17.1. The molecule has 0 amide bonds. The molecule has 0 unspecified atom stereocenters. The van der Waals surface area contributed by atoms with Crippen molar-refractivity contribution in [2.75, 3.05) is 6.54 Å². The maximum atomic E-state index is 3.76. The summed E-state index contributed by atoms with van der Waals surface area (Å²) in [6, 6.07) is 7.18. The monoisotopic (exact) mass is 351 g/mol. The minimum Gasteiger partial charge on any atom is -0.310 e. The zero-order valence-electron chi connectivity index (χ0n) is 13.5. The summed E-state index contributed by atoms with van der Waals surface area (Å²) in [7, 11) is 0. The highest BCUT2D eigenvalue weighted by Crippen LogP contribution is 2.36. The fourth-order valence-electron chi connectivity index (χ4n) is 3.37. The number of hydrogen-bond acceptors (Lipinski definition) is 1. The third-order valence-corrected chi connectivity index (χ3v) is 5.31. The number of nitrogens with one attached hydrogen (secondary N) is 1. The van der Waals surface area contributed by atoms with Gasteiger partial charge in [-0.2, -0.15) is 0 Å². The third-order valence-electron chi connectivity index (χ3n) is 4.62. The van der Waals surface area contributed by atoms with Gasteiger partial charge >= 0.3 is 0 Å². The van der Waals surface area contributed by atoms with Crippen molar-refractivity contribution in [1.82, 2.24) is 5.32 Å². The lowest BCUT2D eigenvalue weighted by atomic mass is 10.1. The highest BCUT2D eigenvalue weighted by molar-refractivity contribution is 9.10. The SMILES string of the molecule is CCCCCCCCCCN[C@H]1CCc2cccc(Br)c21. The minimum atomic E-state index is 0.570. The van der Waals surface area contributed by atoms with Gasteiger partial charge in [0.05, 0.1) is 0 Å². The lowest BCUT2D eigenvalue weighted by Gasteiger charge is -2.15. The minimum absolute atomic E-state index is 0.570. The molecule has 0 heterocycles. The molecule has 1 aromatic carbocycles. The number of rotatable bonds is 10. The molecule has 2 rings (SSSR count). The second kappa shape index (κ2) is 9.63. The Morgan fingerprint density at radius 3 is 2.52 bits per heavy atom. The van der Waals surface area contributed by atoms with Crippen molar-refractivity contribution >= 4 is 15.9 Å². The molecule has 1 aliphatic carbocycles. The van der Waals surface area contributed by atoms with Gasteiger partial charge in [0.2, 0.25) is 0 Å². The van der Waals surface area contributed by atoms with E-state index in [0.29, 0.717) is 6.04 Å². The van der Waals surface area contributed by atoms with Crippen molar-refractivity contribution in [2.45, 2.75) is 77.2 Å². The Hall–Kier alpha value is -0.340. The van der Waals surface area contributed by atoms with Crippen LogP contribution in [0.1, 0.15) is 81.9 Å². The molecule has 1 aromatic rings. The Labute approximate surface area is 139 Å². The lowest BCUT2D eigenvalue weighted by molar-refractivity contribution is 0.497. The fraction of sp³-hybridized carbons (Fsp3) is 0.684. The fourth-order valence-corrected chi connectivity index (χ4v) is 4.06. The summed E-state index contributed by atoms with van der Waals surface area (Å²) in [5.74, 6) is 0. The molecule has 1 atom stereocenters. The van der Waals surface area contributed by atoms with E-state index in [1.807, 2.05) is 0 Å². The average Bonchev–Trinajstić information content (AvgIpc) is 2.90. The van der Waals surface area contributed by atoms with Crippen molar-refractivity contribution in [3.05, 3.63) is 33.8 Å². The molecule has 0 saturated heterocycles. The van der Waals surface area contributed by atoms with Crippen LogP contribution < -0.4 is 5.32 Å². The van der Waals surface area contributed by atoms with Gasteiger partial charge in [0.25, 0.3) is 0 Å². The Morgan fingerprint density at radius 2 is 1.76 bits per heavy atom. The summed E-state index contributed by atoms with van der Waals surface area (Å²) in [5, 5.41) is 3.76. The summed E-state index contributed by atoms with van der Waals surface area (Å²) in [6.45, 7) is 3.45. The molecule has 0 aromatic heterocycles. The van der Waals surface area contributed by atoms with Crippen LogP contribution in [0.2, 0.25) is 0 Å². The Kier molecular flexibility index (Phi) is 7.81. The summed E-state index contributed by atoms with van der Waals surface area (Å²) in [5.41, 5.74) is 3.04. The molecule has 0 bridgehead atoms. The molecule has 0 fully saturated rings. The van der Waals surface area contributed by atoms with E-state index in [2.05, 4.69) is 46.4 Å². The van der Waals surface area contributed by atoms with Gasteiger partial charge in [-0.3, -0.25) is 0 Å². The van der Waals surface area contributed by atoms with Crippen LogP contribution in [0.15, 0.2) is 22.7 Å². The van der Waals surface area contributed by atoms with E-state index in [1.165, 1.54) is 86.4 Å². The zero-order chi connectivity index (χ0) is 14.9. The van der Waals surface area contributed by atoms with Gasteiger partial charge in [0.15, 0.2) is 0 Å². The van der Waals surface area contributed by atoms with Crippen molar-refractivity contribution in [3.63, 3.8) is 0 Å². The van der Waals surface area contributed by atoms with Gasteiger partial charge in [-0.05, 0) is 43.0 Å². The Morgan fingerprint density at radius 1 is 1.05 bits per heavy atom. The standard InChI is InChI=1S/C19H30BrN/c1-2-3-4-5-6-7-8-9-15-21-18-14-13-16-11-10-12-17(20)19(16)18/h10-12,18,21H,2-9,13-15H2,1H3/t18-/m0/s1. The van der Waals surface area contributed by atoms with E-state index in [4.69, 9.17) is 0 Å². The first-order valence-electron chi connectivity index (χ1n) is 8.83. The number of aryl methyl sites for hydroxylation is 1. The number of unbranched alkanes of at least 4 members (excludes halogenated alkanes) is 7. The number of halogens is 1. The van der Waals surface area contributed by atoms with Gasteiger partial charge in [0.1, 0.15) is 0 Å². The third kappa shape index (κ3) is 5.41. The van der Waals surface area contributed by atoms with Gasteiger partial charge in [-0.15, -0.1) is 0 Å². The summed E-state index contributed by atoms with van der Waals surface area (Å²) in [6.07, 6.45) is 13.7. The highest BCUT2D eigenvalue weighted by Gasteiger charge is 2.23. The maximum absolute atomic E-state index is 3.76. The van der Waals surface area contributed by atoms with E-state index in [-0.39, 0.29) is 0 Å².